The molecule has 0 fully saturated rings. The summed E-state index contributed by atoms with van der Waals surface area (Å²) in [5.41, 5.74) is -3.40. The molecule has 2 aromatic heterocycles. The van der Waals surface area contributed by atoms with E-state index < -0.39 is 41.0 Å². The van der Waals surface area contributed by atoms with Crippen LogP contribution < -0.4 is 5.56 Å². The highest BCUT2D eigenvalue weighted by molar-refractivity contribution is 5.63. The highest BCUT2D eigenvalue weighted by Gasteiger charge is 2.37. The Morgan fingerprint density at radius 2 is 1.85 bits per heavy atom. The fourth-order valence-electron chi connectivity index (χ4n) is 4.34. The molecule has 1 aliphatic carbocycles. The molecule has 0 bridgehead atoms. The Hall–Kier alpha value is -4.85. The number of allylic oxidation sites excluding steroid dienone is 4. The molecule has 0 saturated heterocycles. The second-order valence-electron chi connectivity index (χ2n) is 8.99. The van der Waals surface area contributed by atoms with Gasteiger partial charge in [-0.15, -0.1) is 0 Å². The number of ether oxygens (including phenoxy) is 2. The lowest BCUT2D eigenvalue weighted by molar-refractivity contribution is -0.137. The van der Waals surface area contributed by atoms with Gasteiger partial charge in [0.2, 0.25) is 5.76 Å². The van der Waals surface area contributed by atoms with E-state index in [0.717, 1.165) is 35.1 Å². The van der Waals surface area contributed by atoms with Crippen molar-refractivity contribution in [2.75, 3.05) is 0 Å². The lowest BCUT2D eigenvalue weighted by atomic mass is 10.0. The fraction of sp³-hybridized carbons (Fsp3) is 0.172. The average Bonchev–Trinajstić information content (AvgIpc) is 3.41. The van der Waals surface area contributed by atoms with E-state index in [1.54, 1.807) is 0 Å². The predicted octanol–water partition coefficient (Wildman–Crippen LogP) is 7.18. The Kier molecular flexibility index (Phi) is 7.17. The second kappa shape index (κ2) is 10.7. The predicted molar refractivity (Wildman–Crippen MR) is 133 cm³/mol. The molecule has 5 rings (SSSR count). The van der Waals surface area contributed by atoms with Gasteiger partial charge in [0.1, 0.15) is 41.6 Å². The molecule has 0 spiro atoms. The van der Waals surface area contributed by atoms with E-state index in [2.05, 4.69) is 0 Å². The number of hydrogen-bond acceptors (Lipinski definition) is 5. The first kappa shape index (κ1) is 26.7. The van der Waals surface area contributed by atoms with E-state index in [1.807, 2.05) is 18.2 Å². The van der Waals surface area contributed by atoms with E-state index in [-0.39, 0.29) is 28.5 Å². The van der Waals surface area contributed by atoms with Gasteiger partial charge in [0, 0.05) is 18.1 Å². The Balaban J connectivity index is 1.53. The molecular formula is C29H19F5N2O4. The van der Waals surface area contributed by atoms with Crippen molar-refractivity contribution in [3.63, 3.8) is 0 Å². The van der Waals surface area contributed by atoms with Crippen molar-refractivity contribution >= 4 is 5.76 Å². The molecule has 1 aliphatic heterocycles. The number of aromatic nitrogens is 1. The Bertz CT molecular complexity index is 1700. The van der Waals surface area contributed by atoms with Crippen LogP contribution in [-0.4, -0.2) is 4.57 Å². The van der Waals surface area contributed by atoms with Crippen molar-refractivity contribution in [1.29, 1.82) is 5.26 Å². The van der Waals surface area contributed by atoms with Crippen LogP contribution >= 0.6 is 0 Å². The lowest BCUT2D eigenvalue weighted by Crippen LogP contribution is -2.29. The quantitative estimate of drug-likeness (QED) is 0.302. The highest BCUT2D eigenvalue weighted by Crippen LogP contribution is 2.36. The van der Waals surface area contributed by atoms with Gasteiger partial charge < -0.3 is 13.9 Å². The van der Waals surface area contributed by atoms with Crippen LogP contribution in [0.25, 0.3) is 17.2 Å². The van der Waals surface area contributed by atoms with Crippen molar-refractivity contribution in [2.24, 2.45) is 0 Å². The topological polar surface area (TPSA) is 77.4 Å². The SMILES string of the molecule is N#Cc1c(C(F)(F)F)cc(-c2ccc(C3=COC=C(CC4=CC=CCC4)O3)o2)n(Cc2ccc(F)cc2F)c1=O. The number of hydrogen-bond donors (Lipinski definition) is 0. The molecule has 11 heteroatoms. The minimum absolute atomic E-state index is 0.0861. The summed E-state index contributed by atoms with van der Waals surface area (Å²) in [6.07, 6.45) is 5.84. The standard InChI is InChI=1S/C29H19F5N2O4/c30-19-7-6-18(23(31)11-19)14-36-24(12-22(29(32,33)34)21(13-35)28(36)37)25-8-9-26(40-25)27-16-38-15-20(39-27)10-17-4-2-1-3-5-17/h1-2,4,6-9,11-12,15-16H,3,5,10,14H2. The summed E-state index contributed by atoms with van der Waals surface area (Å²) in [5.74, 6) is -1.37. The van der Waals surface area contributed by atoms with Crippen LogP contribution in [-0.2, 0) is 22.2 Å². The zero-order chi connectivity index (χ0) is 28.4. The molecule has 204 valence electrons. The third kappa shape index (κ3) is 5.47. The lowest BCUT2D eigenvalue weighted by Gasteiger charge is -2.18. The first-order valence-electron chi connectivity index (χ1n) is 12.0. The molecule has 2 aliphatic rings. The Morgan fingerprint density at radius 3 is 2.55 bits per heavy atom. The van der Waals surface area contributed by atoms with Crippen LogP contribution in [0.5, 0.6) is 0 Å². The third-order valence-corrected chi connectivity index (χ3v) is 6.28. The van der Waals surface area contributed by atoms with Crippen molar-refractivity contribution in [3.05, 3.63) is 123 Å². The van der Waals surface area contributed by atoms with Crippen LogP contribution in [0.15, 0.2) is 87.7 Å². The normalized spacial score (nSPS) is 14.9. The second-order valence-corrected chi connectivity index (χ2v) is 8.99. The molecule has 40 heavy (non-hydrogen) atoms. The van der Waals surface area contributed by atoms with Gasteiger partial charge in [-0.2, -0.15) is 18.4 Å². The number of rotatable bonds is 6. The number of furan rings is 1. The van der Waals surface area contributed by atoms with Gasteiger partial charge in [-0.25, -0.2) is 8.78 Å². The van der Waals surface area contributed by atoms with Crippen LogP contribution in [0, 0.1) is 23.0 Å². The van der Waals surface area contributed by atoms with E-state index in [4.69, 9.17) is 13.9 Å². The van der Waals surface area contributed by atoms with E-state index >= 15 is 0 Å². The van der Waals surface area contributed by atoms with Gasteiger partial charge in [0.05, 0.1) is 17.8 Å². The molecule has 3 heterocycles. The summed E-state index contributed by atoms with van der Waals surface area (Å²) < 4.78 is 87.1. The summed E-state index contributed by atoms with van der Waals surface area (Å²) in [4.78, 5) is 13.1. The van der Waals surface area contributed by atoms with Crippen molar-refractivity contribution in [2.45, 2.75) is 32.0 Å². The molecular weight excluding hydrogens is 535 g/mol. The number of benzene rings is 1. The number of nitrogens with zero attached hydrogens (tertiary/aromatic N) is 2. The van der Waals surface area contributed by atoms with Crippen molar-refractivity contribution < 1.29 is 35.8 Å². The first-order valence-corrected chi connectivity index (χ1v) is 12.0. The van der Waals surface area contributed by atoms with Crippen LogP contribution in [0.4, 0.5) is 22.0 Å². The van der Waals surface area contributed by atoms with Gasteiger partial charge in [0.25, 0.3) is 5.56 Å². The minimum atomic E-state index is -5.04. The Labute approximate surface area is 224 Å². The molecule has 0 radical (unpaired) electrons. The van der Waals surface area contributed by atoms with Gasteiger partial charge in [0.15, 0.2) is 11.5 Å². The maximum Gasteiger partial charge on any atom is 0.417 e. The van der Waals surface area contributed by atoms with Gasteiger partial charge >= 0.3 is 6.18 Å². The summed E-state index contributed by atoms with van der Waals surface area (Å²) in [5, 5.41) is 9.36. The summed E-state index contributed by atoms with van der Waals surface area (Å²) in [6.45, 7) is -0.595. The molecule has 3 aromatic rings. The molecule has 0 amide bonds. The average molecular weight is 554 g/mol. The Morgan fingerprint density at radius 1 is 1.05 bits per heavy atom. The third-order valence-electron chi connectivity index (χ3n) is 6.28. The van der Waals surface area contributed by atoms with Crippen LogP contribution in [0.3, 0.4) is 0 Å². The maximum absolute atomic E-state index is 14.4. The van der Waals surface area contributed by atoms with Crippen molar-refractivity contribution in [3.8, 4) is 17.5 Å². The first-order chi connectivity index (χ1) is 19.1. The van der Waals surface area contributed by atoms with Crippen LogP contribution in [0.1, 0.15) is 41.7 Å². The van der Waals surface area contributed by atoms with E-state index in [9.17, 15) is 32.0 Å². The summed E-state index contributed by atoms with van der Waals surface area (Å²) >= 11 is 0. The van der Waals surface area contributed by atoms with Gasteiger partial charge in [-0.05, 0) is 37.1 Å². The zero-order valence-corrected chi connectivity index (χ0v) is 20.6. The zero-order valence-electron chi connectivity index (χ0n) is 20.6. The largest absolute Gasteiger partial charge is 0.465 e. The van der Waals surface area contributed by atoms with Gasteiger partial charge in [-0.3, -0.25) is 9.36 Å². The number of alkyl halides is 3. The summed E-state index contributed by atoms with van der Waals surface area (Å²) in [7, 11) is 0. The fourth-order valence-corrected chi connectivity index (χ4v) is 4.34. The molecule has 6 nitrogen and oxygen atoms in total. The monoisotopic (exact) mass is 554 g/mol. The van der Waals surface area contributed by atoms with Crippen molar-refractivity contribution in [1.82, 2.24) is 4.57 Å². The smallest absolute Gasteiger partial charge is 0.417 e. The van der Waals surface area contributed by atoms with Gasteiger partial charge in [-0.1, -0.05) is 29.9 Å². The van der Waals surface area contributed by atoms with E-state index in [1.165, 1.54) is 30.7 Å². The molecule has 0 atom stereocenters. The number of pyridine rings is 1. The maximum atomic E-state index is 14.4. The number of nitriles is 1. The highest BCUT2D eigenvalue weighted by atomic mass is 19.4. The minimum Gasteiger partial charge on any atom is -0.465 e. The van der Waals surface area contributed by atoms with E-state index in [0.29, 0.717) is 24.3 Å². The number of halogens is 5. The molecule has 0 saturated carbocycles. The van der Waals surface area contributed by atoms with Crippen LogP contribution in [0.2, 0.25) is 0 Å². The molecule has 0 unspecified atom stereocenters. The molecule has 1 aromatic carbocycles. The molecule has 0 N–H and O–H groups in total. The summed E-state index contributed by atoms with van der Waals surface area (Å²) in [6, 6.07) is 7.19.